The molecule has 3 aromatic carbocycles. The Morgan fingerprint density at radius 3 is 2.22 bits per heavy atom. The number of para-hydroxylation sites is 2. The number of nitrogens with zero attached hydrogens (tertiary/aromatic N) is 4. The van der Waals surface area contributed by atoms with Gasteiger partial charge in [0.1, 0.15) is 7.05 Å². The van der Waals surface area contributed by atoms with Crippen LogP contribution in [0.3, 0.4) is 0 Å². The molecule has 0 radical (unpaired) electrons. The highest BCUT2D eigenvalue weighted by Crippen LogP contribution is 2.49. The summed E-state index contributed by atoms with van der Waals surface area (Å²) < 4.78 is 7.21. The fourth-order valence-corrected chi connectivity index (χ4v) is 6.91. The average Bonchev–Trinajstić information content (AvgIpc) is 3.35. The Balaban J connectivity index is 1.70. The molecule has 0 aliphatic carbocycles. The quantitative estimate of drug-likeness (QED) is 0.239. The zero-order chi connectivity index (χ0) is 25.1. The standard InChI is InChI=1S/C32H31N4/c1-18-11-10-12-19(2)26(18)22-17-34(7)30-27-20(3)15-16-25-29(27)36(32(5,6)28(30)21(22)4)31-33-23-13-8-9-14-24(23)35(25)31/h8-17H,1-7H3/q+1. The second kappa shape index (κ2) is 6.85. The van der Waals surface area contributed by atoms with Gasteiger partial charge in [-0.25, -0.2) is 9.55 Å². The SMILES string of the molecule is Cc1cccc(C)c1-c1c[n+](C)c2c(c1C)C(C)(C)n1c3c-2c(C)ccc3n2c3ccccc3nc12. The van der Waals surface area contributed by atoms with E-state index in [0.717, 1.165) is 16.8 Å². The number of fused-ring (bicyclic) bond motifs is 7. The Kier molecular flexibility index (Phi) is 4.07. The van der Waals surface area contributed by atoms with Crippen molar-refractivity contribution in [1.29, 1.82) is 0 Å². The lowest BCUT2D eigenvalue weighted by Crippen LogP contribution is -2.41. The number of rotatable bonds is 1. The maximum Gasteiger partial charge on any atom is 0.220 e. The summed E-state index contributed by atoms with van der Waals surface area (Å²) in [5.41, 5.74) is 16.3. The molecule has 4 heteroatoms. The van der Waals surface area contributed by atoms with Gasteiger partial charge in [0, 0.05) is 5.56 Å². The van der Waals surface area contributed by atoms with E-state index >= 15 is 0 Å². The van der Waals surface area contributed by atoms with Crippen LogP contribution in [0.15, 0.2) is 60.8 Å². The molecule has 7 rings (SSSR count). The molecular weight excluding hydrogens is 440 g/mol. The van der Waals surface area contributed by atoms with E-state index in [9.17, 15) is 0 Å². The number of hydrogen-bond acceptors (Lipinski definition) is 1. The van der Waals surface area contributed by atoms with Gasteiger partial charge in [-0.1, -0.05) is 36.4 Å². The maximum atomic E-state index is 5.18. The Hall–Kier alpha value is -3.92. The summed E-state index contributed by atoms with van der Waals surface area (Å²) >= 11 is 0. The molecule has 6 aromatic rings. The molecule has 4 heterocycles. The van der Waals surface area contributed by atoms with Crippen LogP contribution in [0.5, 0.6) is 0 Å². The topological polar surface area (TPSA) is 26.1 Å². The van der Waals surface area contributed by atoms with Crippen molar-refractivity contribution < 1.29 is 4.57 Å². The third kappa shape index (κ3) is 2.44. The second-order valence-electron chi connectivity index (χ2n) is 11.0. The highest BCUT2D eigenvalue weighted by atomic mass is 15.2. The van der Waals surface area contributed by atoms with Crippen LogP contribution in [0.4, 0.5) is 0 Å². The van der Waals surface area contributed by atoms with Crippen LogP contribution >= 0.6 is 0 Å². The molecule has 0 atom stereocenters. The minimum atomic E-state index is -0.297. The normalized spacial score (nSPS) is 14.2. The zero-order valence-electron chi connectivity index (χ0n) is 22.1. The van der Waals surface area contributed by atoms with Gasteiger partial charge in [-0.2, -0.15) is 0 Å². The molecule has 0 N–H and O–H groups in total. The molecule has 0 saturated carbocycles. The summed E-state index contributed by atoms with van der Waals surface area (Å²) in [6, 6.07) is 19.6. The summed E-state index contributed by atoms with van der Waals surface area (Å²) in [5.74, 6) is 1.01. The maximum absolute atomic E-state index is 5.18. The van der Waals surface area contributed by atoms with Crippen LogP contribution in [0.2, 0.25) is 0 Å². The summed E-state index contributed by atoms with van der Waals surface area (Å²) in [6.45, 7) is 13.7. The van der Waals surface area contributed by atoms with Crippen molar-refractivity contribution in [1.82, 2.24) is 14.0 Å². The number of pyridine rings is 1. The molecule has 0 spiro atoms. The molecule has 36 heavy (non-hydrogen) atoms. The van der Waals surface area contributed by atoms with E-state index in [2.05, 4.69) is 123 Å². The molecule has 1 aliphatic heterocycles. The number of hydrogen-bond donors (Lipinski definition) is 0. The third-order valence-corrected chi connectivity index (χ3v) is 8.42. The Bertz CT molecular complexity index is 1890. The number of aromatic nitrogens is 4. The van der Waals surface area contributed by atoms with Gasteiger partial charge in [0.25, 0.3) is 0 Å². The number of benzene rings is 3. The highest BCUT2D eigenvalue weighted by Gasteiger charge is 2.43. The summed E-state index contributed by atoms with van der Waals surface area (Å²) in [4.78, 5) is 5.18. The van der Waals surface area contributed by atoms with Gasteiger partial charge in [0.15, 0.2) is 6.20 Å². The van der Waals surface area contributed by atoms with Crippen LogP contribution in [-0.4, -0.2) is 14.0 Å². The van der Waals surface area contributed by atoms with Crippen molar-refractivity contribution in [2.24, 2.45) is 7.05 Å². The summed E-state index contributed by atoms with van der Waals surface area (Å²) in [5, 5.41) is 0. The first-order valence-electron chi connectivity index (χ1n) is 12.7. The van der Waals surface area contributed by atoms with E-state index in [0.29, 0.717) is 0 Å². The van der Waals surface area contributed by atoms with E-state index in [1.54, 1.807) is 0 Å². The fraction of sp³-hybridized carbons (Fsp3) is 0.250. The van der Waals surface area contributed by atoms with E-state index in [1.165, 1.54) is 61.2 Å². The number of aryl methyl sites for hydroxylation is 4. The van der Waals surface area contributed by atoms with Crippen molar-refractivity contribution in [3.8, 4) is 22.4 Å². The van der Waals surface area contributed by atoms with Gasteiger partial charge in [-0.05, 0) is 87.6 Å². The van der Waals surface area contributed by atoms with Crippen molar-refractivity contribution in [3.63, 3.8) is 0 Å². The van der Waals surface area contributed by atoms with Gasteiger partial charge >= 0.3 is 0 Å². The Morgan fingerprint density at radius 1 is 0.778 bits per heavy atom. The summed E-state index contributed by atoms with van der Waals surface area (Å²) in [7, 11) is 2.21. The molecule has 0 saturated heterocycles. The van der Waals surface area contributed by atoms with E-state index in [4.69, 9.17) is 4.98 Å². The largest absolute Gasteiger partial charge is 0.299 e. The molecule has 1 aliphatic rings. The van der Waals surface area contributed by atoms with E-state index in [-0.39, 0.29) is 5.54 Å². The van der Waals surface area contributed by atoms with Crippen molar-refractivity contribution >= 4 is 27.8 Å². The predicted octanol–water partition coefficient (Wildman–Crippen LogP) is 6.93. The smallest absolute Gasteiger partial charge is 0.220 e. The van der Waals surface area contributed by atoms with Crippen molar-refractivity contribution in [2.75, 3.05) is 0 Å². The van der Waals surface area contributed by atoms with E-state index in [1.807, 2.05) is 0 Å². The predicted molar refractivity (Wildman–Crippen MR) is 148 cm³/mol. The van der Waals surface area contributed by atoms with Gasteiger partial charge in [-0.15, -0.1) is 0 Å². The van der Waals surface area contributed by atoms with E-state index < -0.39 is 0 Å². The second-order valence-corrected chi connectivity index (χ2v) is 11.0. The first-order valence-corrected chi connectivity index (χ1v) is 12.7. The minimum absolute atomic E-state index is 0.297. The molecule has 3 aromatic heterocycles. The van der Waals surface area contributed by atoms with Crippen LogP contribution in [0.25, 0.3) is 50.2 Å². The zero-order valence-corrected chi connectivity index (χ0v) is 22.1. The van der Waals surface area contributed by atoms with Gasteiger partial charge < -0.3 is 0 Å². The molecule has 4 nitrogen and oxygen atoms in total. The van der Waals surface area contributed by atoms with Crippen LogP contribution in [0.1, 0.15) is 41.7 Å². The van der Waals surface area contributed by atoms with Gasteiger partial charge in [0.2, 0.25) is 11.5 Å². The summed E-state index contributed by atoms with van der Waals surface area (Å²) in [6.07, 6.45) is 2.34. The van der Waals surface area contributed by atoms with Crippen molar-refractivity contribution in [3.05, 3.63) is 88.6 Å². The first-order chi connectivity index (χ1) is 17.2. The van der Waals surface area contributed by atoms with Crippen LogP contribution < -0.4 is 4.57 Å². The minimum Gasteiger partial charge on any atom is -0.299 e. The molecule has 0 bridgehead atoms. The van der Waals surface area contributed by atoms with Gasteiger partial charge in [-0.3, -0.25) is 8.97 Å². The van der Waals surface area contributed by atoms with Gasteiger partial charge in [0.05, 0.1) is 38.7 Å². The monoisotopic (exact) mass is 471 g/mol. The molecular formula is C32H31N4+. The molecule has 0 fully saturated rings. The first kappa shape index (κ1) is 21.4. The lowest BCUT2D eigenvalue weighted by atomic mass is 9.79. The molecule has 0 unspecified atom stereocenters. The fourth-order valence-electron chi connectivity index (χ4n) is 6.91. The molecule has 0 amide bonds. The third-order valence-electron chi connectivity index (χ3n) is 8.42. The lowest BCUT2D eigenvalue weighted by Gasteiger charge is -2.35. The number of imidazole rings is 2. The van der Waals surface area contributed by atoms with Crippen LogP contribution in [0, 0.1) is 27.7 Å². The Morgan fingerprint density at radius 2 is 1.47 bits per heavy atom. The Labute approximate surface area is 211 Å². The molecule has 178 valence electrons. The lowest BCUT2D eigenvalue weighted by molar-refractivity contribution is -0.660. The highest BCUT2D eigenvalue weighted by molar-refractivity contribution is 6.01. The average molecular weight is 472 g/mol. The van der Waals surface area contributed by atoms with Crippen molar-refractivity contribution in [2.45, 2.75) is 47.1 Å². The van der Waals surface area contributed by atoms with Crippen LogP contribution in [-0.2, 0) is 12.6 Å².